The second-order valence-electron chi connectivity index (χ2n) is 18.4. The Morgan fingerprint density at radius 1 is 0.439 bits per heavy atom. The molecule has 6 aromatic rings. The van der Waals surface area contributed by atoms with Gasteiger partial charge in [-0.15, -0.1) is 0 Å². The fourth-order valence-electron chi connectivity index (χ4n) is 9.13. The van der Waals surface area contributed by atoms with Crippen molar-refractivity contribution in [3.8, 4) is 23.0 Å². The van der Waals surface area contributed by atoms with E-state index in [2.05, 4.69) is 8.37 Å². The first kappa shape index (κ1) is 62.8. The van der Waals surface area contributed by atoms with Crippen molar-refractivity contribution in [2.24, 2.45) is 0 Å². The van der Waals surface area contributed by atoms with E-state index in [-0.39, 0.29) is 24.7 Å². The minimum Gasteiger partial charge on any atom is -0.493 e. The maximum Gasteiger partial charge on any atom is 0.416 e. The molecule has 444 valence electrons. The average Bonchev–Trinajstić information content (AvgIpc) is 3.65. The summed E-state index contributed by atoms with van der Waals surface area (Å²) in [5, 5.41) is 0. The zero-order valence-corrected chi connectivity index (χ0v) is 44.1. The van der Waals surface area contributed by atoms with E-state index in [9.17, 15) is 87.1 Å². The molecule has 0 saturated heterocycles. The molecule has 2 aliphatic rings. The number of fused-ring (bicyclic) bond motifs is 2. The fourth-order valence-corrected chi connectivity index (χ4v) is 11.0. The van der Waals surface area contributed by atoms with Gasteiger partial charge in [0.2, 0.25) is 69.7 Å². The van der Waals surface area contributed by atoms with Gasteiger partial charge in [0.15, 0.2) is 0 Å². The van der Waals surface area contributed by atoms with E-state index in [1.807, 2.05) is 0 Å². The third-order valence-corrected chi connectivity index (χ3v) is 15.6. The Morgan fingerprint density at radius 2 is 0.756 bits per heavy atom. The van der Waals surface area contributed by atoms with Gasteiger partial charge in [-0.1, -0.05) is 24.3 Å². The van der Waals surface area contributed by atoms with Gasteiger partial charge >= 0.3 is 32.6 Å². The van der Waals surface area contributed by atoms with E-state index in [1.165, 1.54) is 38.5 Å². The highest BCUT2D eigenvalue weighted by atomic mass is 32.2. The number of methoxy groups -OCH3 is 2. The van der Waals surface area contributed by atoms with E-state index >= 15 is 0 Å². The maximum absolute atomic E-state index is 14.0. The van der Waals surface area contributed by atoms with Gasteiger partial charge < -0.3 is 27.3 Å². The summed E-state index contributed by atoms with van der Waals surface area (Å²) in [5.41, 5.74) is 1.25. The standard InChI is InChI=1S/2C27H22F8O5S/c2*1-38-10-3-2-4-14-12-15(27(33,34)35)5-7-17(14)18-9-11-39-20-13-16(6-8-19(18)20)41(36,37)40-26-24(31)22(29)21(28)23(30)25(26)32/h2*5-8,12-13,18H,2-4,9-11H2,1H3/t2*18-/m10/s1. The van der Waals surface area contributed by atoms with Gasteiger partial charge in [0.05, 0.1) is 24.3 Å². The van der Waals surface area contributed by atoms with Gasteiger partial charge in [0.25, 0.3) is 0 Å². The van der Waals surface area contributed by atoms with Crippen LogP contribution >= 0.6 is 0 Å². The summed E-state index contributed by atoms with van der Waals surface area (Å²) in [7, 11) is -7.22. The largest absolute Gasteiger partial charge is 0.493 e. The molecule has 2 heterocycles. The minimum absolute atomic E-state index is 0.00596. The van der Waals surface area contributed by atoms with Crippen molar-refractivity contribution in [1.29, 1.82) is 0 Å². The highest BCUT2D eigenvalue weighted by molar-refractivity contribution is 7.87. The summed E-state index contributed by atoms with van der Waals surface area (Å²) >= 11 is 0. The normalized spacial score (nSPS) is 15.4. The molecule has 0 N–H and O–H groups in total. The van der Waals surface area contributed by atoms with Crippen LogP contribution < -0.4 is 17.8 Å². The predicted octanol–water partition coefficient (Wildman–Crippen LogP) is 14.1. The molecule has 10 nitrogen and oxygen atoms in total. The summed E-state index contributed by atoms with van der Waals surface area (Å²) < 4.78 is 298. The van der Waals surface area contributed by atoms with Crippen LogP contribution in [0.3, 0.4) is 0 Å². The van der Waals surface area contributed by atoms with Gasteiger partial charge in [-0.2, -0.15) is 60.7 Å². The lowest BCUT2D eigenvalue weighted by molar-refractivity contribution is -0.138. The molecular formula is C54H44F16O10S2. The van der Waals surface area contributed by atoms with Crippen LogP contribution in [0.15, 0.2) is 82.6 Å². The molecule has 0 bridgehead atoms. The van der Waals surface area contributed by atoms with E-state index in [0.717, 1.165) is 48.5 Å². The molecule has 0 fully saturated rings. The van der Waals surface area contributed by atoms with Gasteiger partial charge in [0.1, 0.15) is 21.3 Å². The minimum atomic E-state index is -5.12. The van der Waals surface area contributed by atoms with Crippen LogP contribution in [0.2, 0.25) is 0 Å². The number of hydrogen-bond donors (Lipinski definition) is 0. The third-order valence-electron chi connectivity index (χ3n) is 13.1. The lowest BCUT2D eigenvalue weighted by atomic mass is 9.82. The molecule has 8 rings (SSSR count). The molecule has 28 heteroatoms. The lowest BCUT2D eigenvalue weighted by Crippen LogP contribution is -2.19. The zero-order chi connectivity index (χ0) is 60.2. The van der Waals surface area contributed by atoms with Crippen molar-refractivity contribution < 1.29 is 114 Å². The van der Waals surface area contributed by atoms with Gasteiger partial charge in [-0.05, 0) is 110 Å². The molecule has 0 aromatic heterocycles. The number of benzene rings is 6. The first-order valence-corrected chi connectivity index (χ1v) is 27.2. The van der Waals surface area contributed by atoms with E-state index in [1.54, 1.807) is 0 Å². The van der Waals surface area contributed by atoms with Crippen molar-refractivity contribution in [3.63, 3.8) is 0 Å². The molecule has 6 aromatic carbocycles. The molecule has 0 saturated carbocycles. The molecule has 0 amide bonds. The van der Waals surface area contributed by atoms with Crippen molar-refractivity contribution in [2.45, 2.75) is 85.3 Å². The van der Waals surface area contributed by atoms with E-state index in [0.29, 0.717) is 98.0 Å². The predicted molar refractivity (Wildman–Crippen MR) is 257 cm³/mol. The Bertz CT molecular complexity index is 3290. The van der Waals surface area contributed by atoms with Crippen molar-refractivity contribution in [3.05, 3.63) is 175 Å². The summed E-state index contributed by atoms with van der Waals surface area (Å²) in [4.78, 5) is -1.43. The Labute approximate surface area is 457 Å². The summed E-state index contributed by atoms with van der Waals surface area (Å²) in [6.07, 6.45) is -5.49. The monoisotopic (exact) mass is 1220 g/mol. The summed E-state index contributed by atoms with van der Waals surface area (Å²) in [6.45, 7) is 0.949. The van der Waals surface area contributed by atoms with Crippen LogP contribution in [-0.2, 0) is 54.9 Å². The SMILES string of the molecule is COCCCCc1cc(C(F)(F)F)ccc1[C@@H]1CCOc2cc(S(=O)(=O)Oc3c(F)c(F)c(F)c(F)c3F)ccc21.COCCCCc1cc(C(F)(F)F)ccc1[C@H]1CCOc2cc(S(=O)(=O)Oc3c(F)c(F)c(F)c(F)c3F)ccc21. The zero-order valence-electron chi connectivity index (χ0n) is 42.5. The Kier molecular flexibility index (Phi) is 19.4. The number of halogens is 16. The van der Waals surface area contributed by atoms with E-state index in [4.69, 9.17) is 18.9 Å². The average molecular weight is 1220 g/mol. The molecule has 0 radical (unpaired) electrons. The molecule has 2 atom stereocenters. The second-order valence-corrected chi connectivity index (χ2v) is 21.5. The molecule has 0 spiro atoms. The van der Waals surface area contributed by atoms with Crippen LogP contribution in [0.25, 0.3) is 0 Å². The summed E-state index contributed by atoms with van der Waals surface area (Å²) in [5.74, 6) is -29.4. The number of aryl methyl sites for hydroxylation is 2. The fraction of sp³-hybridized carbons (Fsp3) is 0.333. The first-order chi connectivity index (χ1) is 38.5. The summed E-state index contributed by atoms with van der Waals surface area (Å²) in [6, 6.07) is 13.2. The molecule has 0 aliphatic carbocycles. The van der Waals surface area contributed by atoms with Gasteiger partial charge in [0, 0.05) is 62.5 Å². The van der Waals surface area contributed by atoms with Gasteiger partial charge in [-0.3, -0.25) is 0 Å². The lowest BCUT2D eigenvalue weighted by Gasteiger charge is -2.29. The van der Waals surface area contributed by atoms with Crippen molar-refractivity contribution >= 4 is 20.2 Å². The van der Waals surface area contributed by atoms with Gasteiger partial charge in [-0.25, -0.2) is 26.3 Å². The van der Waals surface area contributed by atoms with Crippen LogP contribution in [0.1, 0.15) is 94.9 Å². The molecular weight excluding hydrogens is 1180 g/mol. The van der Waals surface area contributed by atoms with Crippen LogP contribution in [0.5, 0.6) is 23.0 Å². The van der Waals surface area contributed by atoms with E-state index < -0.39 is 135 Å². The topological polar surface area (TPSA) is 124 Å². The molecule has 0 unspecified atom stereocenters. The second kappa shape index (κ2) is 25.4. The number of hydrogen-bond acceptors (Lipinski definition) is 10. The first-order valence-electron chi connectivity index (χ1n) is 24.4. The number of ether oxygens (including phenoxy) is 4. The quantitative estimate of drug-likeness (QED) is 0.0270. The van der Waals surface area contributed by atoms with Crippen molar-refractivity contribution in [1.82, 2.24) is 0 Å². The number of alkyl halides is 6. The van der Waals surface area contributed by atoms with Crippen LogP contribution in [0.4, 0.5) is 70.2 Å². The highest BCUT2D eigenvalue weighted by Gasteiger charge is 2.37. The molecule has 82 heavy (non-hydrogen) atoms. The van der Waals surface area contributed by atoms with Crippen LogP contribution in [-0.4, -0.2) is 57.5 Å². The number of rotatable bonds is 18. The highest BCUT2D eigenvalue weighted by Crippen LogP contribution is 2.45. The Morgan fingerprint density at radius 3 is 1.07 bits per heavy atom. The smallest absolute Gasteiger partial charge is 0.416 e. The maximum atomic E-state index is 14.0. The molecule has 2 aliphatic heterocycles. The Hall–Kier alpha value is -6.78. The third kappa shape index (κ3) is 13.7. The van der Waals surface area contributed by atoms with Crippen LogP contribution in [0, 0.1) is 58.2 Å². The Balaban J connectivity index is 0.000000236. The van der Waals surface area contributed by atoms with Crippen molar-refractivity contribution in [2.75, 3.05) is 40.6 Å². The number of unbranched alkanes of at least 4 members (excludes halogenated alkanes) is 2.